The molecule has 1 aromatic heterocycles. The predicted molar refractivity (Wildman–Crippen MR) is 41.3 cm³/mol. The maximum absolute atomic E-state index is 12.7. The molecule has 0 aromatic carbocycles. The maximum atomic E-state index is 12.7. The van der Waals surface area contributed by atoms with Crippen LogP contribution in [0.1, 0.15) is 12.1 Å². The summed E-state index contributed by atoms with van der Waals surface area (Å²) in [5.41, 5.74) is 3.81. The first-order valence-corrected chi connectivity index (χ1v) is 3.71. The molecule has 2 nitrogen and oxygen atoms in total. The van der Waals surface area contributed by atoms with Crippen LogP contribution in [-0.2, 0) is 0 Å². The van der Waals surface area contributed by atoms with Crippen molar-refractivity contribution in [3.8, 4) is 0 Å². The average Bonchev–Trinajstić information content (AvgIpc) is 1.96. The first kappa shape index (κ1) is 9.31. The van der Waals surface area contributed by atoms with Gasteiger partial charge in [-0.15, -0.1) is 0 Å². The van der Waals surface area contributed by atoms with E-state index in [9.17, 15) is 13.2 Å². The summed E-state index contributed by atoms with van der Waals surface area (Å²) in [6, 6.07) is 1.13. The molecule has 6 heteroatoms. The van der Waals surface area contributed by atoms with Gasteiger partial charge in [-0.25, -0.2) is 18.2 Å². The molecule has 1 rings (SSSR count). The van der Waals surface area contributed by atoms with Crippen LogP contribution >= 0.6 is 15.9 Å². The van der Waals surface area contributed by atoms with E-state index in [1.165, 1.54) is 0 Å². The Balaban J connectivity index is 3.28. The normalized spacial score (nSPS) is 10.8. The minimum absolute atomic E-state index is 0.0942. The molecule has 0 bridgehead atoms. The lowest BCUT2D eigenvalue weighted by Crippen LogP contribution is -2.01. The van der Waals surface area contributed by atoms with Gasteiger partial charge in [0, 0.05) is 0 Å². The molecule has 0 aliphatic rings. The Morgan fingerprint density at radius 3 is 2.58 bits per heavy atom. The Bertz CT molecular complexity index is 303. The molecule has 0 saturated carbocycles. The van der Waals surface area contributed by atoms with Gasteiger partial charge < -0.3 is 5.73 Å². The average molecular weight is 241 g/mol. The summed E-state index contributed by atoms with van der Waals surface area (Å²) in [7, 11) is 0. The second kappa shape index (κ2) is 3.30. The monoisotopic (exact) mass is 240 g/mol. The standard InChI is InChI=1S/C6H4BrF3N2/c7-3-1-2(11)4(8)5(12-3)6(9)10/h1,6H,(H2,11,12). The lowest BCUT2D eigenvalue weighted by Gasteiger charge is -2.03. The quantitative estimate of drug-likeness (QED) is 0.767. The molecule has 0 amide bonds. The number of nitrogens with zero attached hydrogens (tertiary/aromatic N) is 1. The number of aromatic nitrogens is 1. The Kier molecular flexibility index (Phi) is 2.56. The zero-order valence-corrected chi connectivity index (χ0v) is 7.28. The topological polar surface area (TPSA) is 38.9 Å². The molecule has 0 spiro atoms. The number of hydrogen-bond donors (Lipinski definition) is 1. The first-order valence-electron chi connectivity index (χ1n) is 2.92. The molecule has 0 radical (unpaired) electrons. The van der Waals surface area contributed by atoms with Gasteiger partial charge in [-0.2, -0.15) is 0 Å². The molecule has 2 N–H and O–H groups in total. The van der Waals surface area contributed by atoms with E-state index in [2.05, 4.69) is 20.9 Å². The second-order valence-electron chi connectivity index (χ2n) is 2.03. The van der Waals surface area contributed by atoms with Gasteiger partial charge in [0.25, 0.3) is 6.43 Å². The summed E-state index contributed by atoms with van der Waals surface area (Å²) in [5, 5.41) is 0. The van der Waals surface area contributed by atoms with E-state index < -0.39 is 17.9 Å². The van der Waals surface area contributed by atoms with E-state index in [4.69, 9.17) is 5.73 Å². The Morgan fingerprint density at radius 2 is 2.08 bits per heavy atom. The SMILES string of the molecule is Nc1cc(Br)nc(C(F)F)c1F. The van der Waals surface area contributed by atoms with Crippen molar-refractivity contribution in [3.05, 3.63) is 22.2 Å². The minimum Gasteiger partial charge on any atom is -0.396 e. The molecule has 12 heavy (non-hydrogen) atoms. The van der Waals surface area contributed by atoms with Gasteiger partial charge in [-0.1, -0.05) is 0 Å². The van der Waals surface area contributed by atoms with E-state index in [0.717, 1.165) is 6.07 Å². The number of hydrogen-bond acceptors (Lipinski definition) is 2. The number of rotatable bonds is 1. The summed E-state index contributed by atoms with van der Waals surface area (Å²) < 4.78 is 36.9. The van der Waals surface area contributed by atoms with Crippen molar-refractivity contribution in [2.45, 2.75) is 6.43 Å². The fraction of sp³-hybridized carbons (Fsp3) is 0.167. The van der Waals surface area contributed by atoms with E-state index in [0.29, 0.717) is 0 Å². The zero-order chi connectivity index (χ0) is 9.30. The van der Waals surface area contributed by atoms with Gasteiger partial charge in [0.05, 0.1) is 5.69 Å². The number of pyridine rings is 1. The van der Waals surface area contributed by atoms with Crippen LogP contribution in [0.2, 0.25) is 0 Å². The van der Waals surface area contributed by atoms with Gasteiger partial charge in [0.2, 0.25) is 0 Å². The van der Waals surface area contributed by atoms with Crippen molar-refractivity contribution in [2.75, 3.05) is 5.73 Å². The summed E-state index contributed by atoms with van der Waals surface area (Å²) in [4.78, 5) is 3.24. The predicted octanol–water partition coefficient (Wildman–Crippen LogP) is 2.50. The van der Waals surface area contributed by atoms with E-state index >= 15 is 0 Å². The molecular weight excluding hydrogens is 237 g/mol. The van der Waals surface area contributed by atoms with E-state index in [1.807, 2.05) is 0 Å². The molecule has 1 heterocycles. The second-order valence-corrected chi connectivity index (χ2v) is 2.85. The maximum Gasteiger partial charge on any atom is 0.283 e. The molecule has 0 aliphatic carbocycles. The van der Waals surface area contributed by atoms with E-state index in [-0.39, 0.29) is 10.3 Å². The summed E-state index contributed by atoms with van der Waals surface area (Å²) >= 11 is 2.82. The number of nitrogen functional groups attached to an aromatic ring is 1. The van der Waals surface area contributed by atoms with Crippen molar-refractivity contribution >= 4 is 21.6 Å². The third kappa shape index (κ3) is 1.69. The van der Waals surface area contributed by atoms with Crippen LogP contribution in [0.25, 0.3) is 0 Å². The van der Waals surface area contributed by atoms with E-state index in [1.54, 1.807) is 0 Å². The van der Waals surface area contributed by atoms with Gasteiger partial charge in [0.1, 0.15) is 10.3 Å². The molecule has 66 valence electrons. The van der Waals surface area contributed by atoms with Gasteiger partial charge in [-0.3, -0.25) is 0 Å². The fourth-order valence-electron chi connectivity index (χ4n) is 0.681. The summed E-state index contributed by atoms with van der Waals surface area (Å²) in [6.45, 7) is 0. The van der Waals surface area contributed by atoms with Crippen molar-refractivity contribution in [3.63, 3.8) is 0 Å². The molecule has 0 fully saturated rings. The molecule has 0 saturated heterocycles. The van der Waals surface area contributed by atoms with Crippen molar-refractivity contribution in [2.24, 2.45) is 0 Å². The number of halogens is 4. The summed E-state index contributed by atoms with van der Waals surface area (Å²) in [5.74, 6) is -1.16. The minimum atomic E-state index is -2.95. The molecule has 0 unspecified atom stereocenters. The molecule has 1 aromatic rings. The highest BCUT2D eigenvalue weighted by atomic mass is 79.9. The lowest BCUT2D eigenvalue weighted by molar-refractivity contribution is 0.140. The van der Waals surface area contributed by atoms with Crippen LogP contribution < -0.4 is 5.73 Å². The van der Waals surface area contributed by atoms with Crippen LogP contribution in [0.3, 0.4) is 0 Å². The van der Waals surface area contributed by atoms with Crippen LogP contribution in [0, 0.1) is 5.82 Å². The smallest absolute Gasteiger partial charge is 0.283 e. The highest BCUT2D eigenvalue weighted by Crippen LogP contribution is 2.25. The van der Waals surface area contributed by atoms with Gasteiger partial charge in [0.15, 0.2) is 5.82 Å². The van der Waals surface area contributed by atoms with Gasteiger partial charge >= 0.3 is 0 Å². The first-order chi connectivity index (χ1) is 5.52. The third-order valence-electron chi connectivity index (χ3n) is 1.19. The van der Waals surface area contributed by atoms with Crippen LogP contribution in [0.5, 0.6) is 0 Å². The lowest BCUT2D eigenvalue weighted by atomic mass is 10.3. The molecular formula is C6H4BrF3N2. The highest BCUT2D eigenvalue weighted by molar-refractivity contribution is 9.10. The summed E-state index contributed by atoms with van der Waals surface area (Å²) in [6.07, 6.45) is -2.95. The Labute approximate surface area is 74.7 Å². The highest BCUT2D eigenvalue weighted by Gasteiger charge is 2.18. The van der Waals surface area contributed by atoms with Crippen molar-refractivity contribution in [1.82, 2.24) is 4.98 Å². The largest absolute Gasteiger partial charge is 0.396 e. The third-order valence-corrected chi connectivity index (χ3v) is 1.59. The molecule has 0 atom stereocenters. The molecule has 0 aliphatic heterocycles. The van der Waals surface area contributed by atoms with Crippen LogP contribution in [-0.4, -0.2) is 4.98 Å². The van der Waals surface area contributed by atoms with Gasteiger partial charge in [-0.05, 0) is 22.0 Å². The zero-order valence-electron chi connectivity index (χ0n) is 5.69. The number of nitrogens with two attached hydrogens (primary N) is 1. The van der Waals surface area contributed by atoms with Crippen LogP contribution in [0.4, 0.5) is 18.9 Å². The van der Waals surface area contributed by atoms with Crippen LogP contribution in [0.15, 0.2) is 10.7 Å². The number of alkyl halides is 2. The van der Waals surface area contributed by atoms with Crippen molar-refractivity contribution < 1.29 is 13.2 Å². The fourth-order valence-corrected chi connectivity index (χ4v) is 1.12. The number of anilines is 1. The Hall–Kier alpha value is -0.780. The Morgan fingerprint density at radius 1 is 1.50 bits per heavy atom. The van der Waals surface area contributed by atoms with Crippen molar-refractivity contribution in [1.29, 1.82) is 0 Å².